The van der Waals surface area contributed by atoms with E-state index in [4.69, 9.17) is 10.5 Å². The second-order valence-electron chi connectivity index (χ2n) is 2.95. The fourth-order valence-corrected chi connectivity index (χ4v) is 1.82. The van der Waals surface area contributed by atoms with Crippen LogP contribution in [0, 0.1) is 5.82 Å². The molecule has 0 fully saturated rings. The van der Waals surface area contributed by atoms with Gasteiger partial charge < -0.3 is 10.5 Å². The van der Waals surface area contributed by atoms with E-state index in [2.05, 4.69) is 25.5 Å². The van der Waals surface area contributed by atoms with Crippen molar-refractivity contribution in [3.8, 4) is 5.75 Å². The fourth-order valence-electron chi connectivity index (χ4n) is 1.05. The third kappa shape index (κ3) is 2.48. The number of nitrogens with two attached hydrogens (primary N) is 1. The van der Waals surface area contributed by atoms with Crippen molar-refractivity contribution in [2.45, 2.75) is 6.61 Å². The van der Waals surface area contributed by atoms with Crippen molar-refractivity contribution in [3.05, 3.63) is 34.2 Å². The smallest absolute Gasteiger partial charge is 0.165 e. The zero-order chi connectivity index (χ0) is 11.5. The number of halogens is 2. The van der Waals surface area contributed by atoms with E-state index in [1.165, 1.54) is 6.07 Å². The van der Waals surface area contributed by atoms with Gasteiger partial charge in [0.15, 0.2) is 11.6 Å². The van der Waals surface area contributed by atoms with Crippen LogP contribution < -0.4 is 10.5 Å². The Balaban J connectivity index is 2.10. The van der Waals surface area contributed by atoms with Crippen LogP contribution in [-0.2, 0) is 6.61 Å². The van der Waals surface area contributed by atoms with Crippen LogP contribution in [0.3, 0.4) is 0 Å². The first-order valence-corrected chi connectivity index (χ1v) is 5.88. The number of aromatic nitrogens is 2. The zero-order valence-electron chi connectivity index (χ0n) is 7.98. The summed E-state index contributed by atoms with van der Waals surface area (Å²) in [5.41, 5.74) is 6.10. The topological polar surface area (TPSA) is 61.0 Å². The Labute approximate surface area is 104 Å². The van der Waals surface area contributed by atoms with Crippen LogP contribution in [0.4, 0.5) is 9.39 Å². The molecule has 4 nitrogen and oxygen atoms in total. The van der Waals surface area contributed by atoms with E-state index in [9.17, 15) is 4.39 Å². The number of benzene rings is 1. The van der Waals surface area contributed by atoms with Crippen molar-refractivity contribution in [1.29, 1.82) is 0 Å². The maximum Gasteiger partial charge on any atom is 0.165 e. The van der Waals surface area contributed by atoms with Crippen molar-refractivity contribution in [1.82, 2.24) is 9.59 Å². The minimum atomic E-state index is -0.426. The van der Waals surface area contributed by atoms with Gasteiger partial charge in [-0.15, -0.1) is 5.10 Å². The number of nitrogens with zero attached hydrogens (tertiary/aromatic N) is 2. The first kappa shape index (κ1) is 11.3. The molecule has 0 aliphatic heterocycles. The Kier molecular flexibility index (Phi) is 3.35. The number of nitrogen functional groups attached to an aromatic ring is 1. The molecule has 1 heterocycles. The molecule has 0 amide bonds. The Morgan fingerprint density at radius 1 is 1.50 bits per heavy atom. The highest BCUT2D eigenvalue weighted by Gasteiger charge is 2.08. The summed E-state index contributed by atoms with van der Waals surface area (Å²) in [4.78, 5) is 0. The van der Waals surface area contributed by atoms with Crippen LogP contribution in [0.25, 0.3) is 0 Å². The summed E-state index contributed by atoms with van der Waals surface area (Å²) in [6, 6.07) is 4.47. The summed E-state index contributed by atoms with van der Waals surface area (Å²) in [6.45, 7) is 0.107. The molecule has 2 rings (SSSR count). The van der Waals surface area contributed by atoms with E-state index in [0.29, 0.717) is 10.7 Å². The Hall–Kier alpha value is -1.21. The fraction of sp³-hybridized carbons (Fsp3) is 0.111. The van der Waals surface area contributed by atoms with Crippen LogP contribution in [0.2, 0.25) is 0 Å². The summed E-state index contributed by atoms with van der Waals surface area (Å²) < 4.78 is 23.0. The van der Waals surface area contributed by atoms with Crippen LogP contribution in [0.5, 0.6) is 5.75 Å². The molecule has 84 valence electrons. The third-order valence-corrected chi connectivity index (χ3v) is 2.93. The first-order chi connectivity index (χ1) is 7.66. The van der Waals surface area contributed by atoms with E-state index in [1.807, 2.05) is 0 Å². The Morgan fingerprint density at radius 3 is 3.00 bits per heavy atom. The van der Waals surface area contributed by atoms with Crippen molar-refractivity contribution in [2.75, 3.05) is 5.73 Å². The van der Waals surface area contributed by atoms with Gasteiger partial charge in [-0.3, -0.25) is 0 Å². The summed E-state index contributed by atoms with van der Waals surface area (Å²) in [5.74, 6) is -0.272. The van der Waals surface area contributed by atoms with Gasteiger partial charge in [0.2, 0.25) is 0 Å². The Morgan fingerprint density at radius 2 is 2.31 bits per heavy atom. The van der Waals surface area contributed by atoms with Crippen LogP contribution >= 0.6 is 27.5 Å². The van der Waals surface area contributed by atoms with E-state index in [-0.39, 0.29) is 12.4 Å². The maximum atomic E-state index is 13.3. The molecule has 0 saturated carbocycles. The normalized spacial score (nSPS) is 10.4. The molecule has 0 aliphatic carbocycles. The predicted octanol–water partition coefficient (Wildman–Crippen LogP) is 2.60. The quantitative estimate of drug-likeness (QED) is 0.947. The van der Waals surface area contributed by atoms with E-state index in [1.54, 1.807) is 12.1 Å². The number of anilines is 1. The monoisotopic (exact) mass is 303 g/mol. The maximum absolute atomic E-state index is 13.3. The molecule has 16 heavy (non-hydrogen) atoms. The average Bonchev–Trinajstić information content (AvgIpc) is 2.66. The van der Waals surface area contributed by atoms with Gasteiger partial charge in [0.1, 0.15) is 17.3 Å². The molecule has 2 aromatic rings. The van der Waals surface area contributed by atoms with Gasteiger partial charge in [-0.25, -0.2) is 4.39 Å². The van der Waals surface area contributed by atoms with E-state index < -0.39 is 5.82 Å². The minimum absolute atomic E-state index is 0.107. The number of hydrogen-bond acceptors (Lipinski definition) is 5. The zero-order valence-corrected chi connectivity index (χ0v) is 10.4. The molecule has 0 atom stereocenters. The van der Waals surface area contributed by atoms with Crippen LogP contribution in [0.1, 0.15) is 5.69 Å². The molecular weight excluding hydrogens is 297 g/mol. The van der Waals surface area contributed by atoms with Crippen LogP contribution in [-0.4, -0.2) is 9.59 Å². The lowest BCUT2D eigenvalue weighted by Gasteiger charge is -2.05. The van der Waals surface area contributed by atoms with Crippen molar-refractivity contribution >= 4 is 32.5 Å². The van der Waals surface area contributed by atoms with Crippen LogP contribution in [0.15, 0.2) is 22.7 Å². The Bertz CT molecular complexity index is 505. The number of hydrogen-bond donors (Lipinski definition) is 1. The second-order valence-corrected chi connectivity index (χ2v) is 4.65. The average molecular weight is 304 g/mol. The summed E-state index contributed by atoms with van der Waals surface area (Å²) >= 11 is 4.31. The highest BCUT2D eigenvalue weighted by atomic mass is 79.9. The van der Waals surface area contributed by atoms with Gasteiger partial charge in [0.05, 0.1) is 0 Å². The van der Waals surface area contributed by atoms with Gasteiger partial charge >= 0.3 is 0 Å². The lowest BCUT2D eigenvalue weighted by atomic mass is 10.3. The van der Waals surface area contributed by atoms with Crippen molar-refractivity contribution < 1.29 is 9.13 Å². The summed E-state index contributed by atoms with van der Waals surface area (Å²) in [7, 11) is 0. The summed E-state index contributed by atoms with van der Waals surface area (Å²) in [6.07, 6.45) is 0. The molecule has 2 N–H and O–H groups in total. The highest BCUT2D eigenvalue weighted by Crippen LogP contribution is 2.24. The molecule has 7 heteroatoms. The lowest BCUT2D eigenvalue weighted by molar-refractivity contribution is 0.286. The lowest BCUT2D eigenvalue weighted by Crippen LogP contribution is -2.00. The summed E-state index contributed by atoms with van der Waals surface area (Å²) in [5, 5.41) is 4.25. The standard InChI is InChI=1S/C9H7BrFN3OS/c10-5-1-2-6(11)8(3-5)15-4-7-9(12)16-14-13-7/h1-3H,4,12H2. The minimum Gasteiger partial charge on any atom is -0.484 e. The number of rotatable bonds is 3. The molecule has 1 aromatic heterocycles. The molecule has 0 bridgehead atoms. The van der Waals surface area contributed by atoms with Gasteiger partial charge in [0, 0.05) is 16.0 Å². The predicted molar refractivity (Wildman–Crippen MR) is 62.8 cm³/mol. The highest BCUT2D eigenvalue weighted by molar-refractivity contribution is 9.10. The molecular formula is C9H7BrFN3OS. The molecule has 0 saturated heterocycles. The van der Waals surface area contributed by atoms with E-state index in [0.717, 1.165) is 16.0 Å². The first-order valence-electron chi connectivity index (χ1n) is 4.31. The molecule has 0 radical (unpaired) electrons. The van der Waals surface area contributed by atoms with E-state index >= 15 is 0 Å². The SMILES string of the molecule is Nc1snnc1COc1cc(Br)ccc1F. The second kappa shape index (κ2) is 4.75. The van der Waals surface area contributed by atoms with Gasteiger partial charge in [-0.1, -0.05) is 20.4 Å². The van der Waals surface area contributed by atoms with Crippen molar-refractivity contribution in [2.24, 2.45) is 0 Å². The molecule has 1 aromatic carbocycles. The number of ether oxygens (including phenoxy) is 1. The van der Waals surface area contributed by atoms with Gasteiger partial charge in [-0.05, 0) is 18.2 Å². The third-order valence-electron chi connectivity index (χ3n) is 1.84. The molecule has 0 aliphatic rings. The van der Waals surface area contributed by atoms with Gasteiger partial charge in [0.25, 0.3) is 0 Å². The molecule has 0 unspecified atom stereocenters. The molecule has 0 spiro atoms. The largest absolute Gasteiger partial charge is 0.484 e. The van der Waals surface area contributed by atoms with Gasteiger partial charge in [-0.2, -0.15) is 0 Å². The van der Waals surface area contributed by atoms with Crippen molar-refractivity contribution in [3.63, 3.8) is 0 Å².